The molecule has 12 heteroatoms. The van der Waals surface area contributed by atoms with E-state index >= 15 is 0 Å². The van der Waals surface area contributed by atoms with Crippen molar-refractivity contribution in [1.29, 1.82) is 5.41 Å². The lowest BCUT2D eigenvalue weighted by Gasteiger charge is -2.06. The zero-order chi connectivity index (χ0) is 33.8. The highest BCUT2D eigenvalue weighted by Crippen LogP contribution is 2.12. The molecule has 8 N–H and O–H groups in total. The van der Waals surface area contributed by atoms with Crippen LogP contribution in [0.3, 0.4) is 0 Å². The summed E-state index contributed by atoms with van der Waals surface area (Å²) in [7, 11) is 7.33. The smallest absolute Gasteiger partial charge is 0.293 e. The van der Waals surface area contributed by atoms with Crippen LogP contribution in [0, 0.1) is 11.3 Å². The number of benzene rings is 2. The highest BCUT2D eigenvalue weighted by atomic mass is 16.5. The van der Waals surface area contributed by atoms with Crippen LogP contribution < -0.4 is 32.3 Å². The van der Waals surface area contributed by atoms with Gasteiger partial charge >= 0.3 is 0 Å². The molecule has 0 spiro atoms. The first kappa shape index (κ1) is 44.3. The Labute approximate surface area is 263 Å². The van der Waals surface area contributed by atoms with E-state index in [9.17, 15) is 19.2 Å². The summed E-state index contributed by atoms with van der Waals surface area (Å²) >= 11 is 0. The van der Waals surface area contributed by atoms with Crippen LogP contribution in [0.2, 0.25) is 0 Å². The molecule has 1 atom stereocenters. The van der Waals surface area contributed by atoms with E-state index in [0.29, 0.717) is 19.4 Å². The lowest BCUT2D eigenvalue weighted by Crippen LogP contribution is -2.33. The Morgan fingerprint density at radius 1 is 0.932 bits per heavy atom. The molecular formula is C32H55N7O5. The van der Waals surface area contributed by atoms with Gasteiger partial charge in [-0.25, -0.2) is 0 Å². The van der Waals surface area contributed by atoms with E-state index < -0.39 is 0 Å². The van der Waals surface area contributed by atoms with Gasteiger partial charge in [-0.15, -0.1) is 0 Å². The maximum absolute atomic E-state index is 10.5. The third kappa shape index (κ3) is 32.4. The first-order valence-electron chi connectivity index (χ1n) is 14.4. The summed E-state index contributed by atoms with van der Waals surface area (Å²) in [6.07, 6.45) is 5.48. The lowest BCUT2D eigenvalue weighted by atomic mass is 10.0. The second-order valence-corrected chi connectivity index (χ2v) is 9.38. The van der Waals surface area contributed by atoms with Crippen molar-refractivity contribution in [3.8, 4) is 0 Å². The molecule has 44 heavy (non-hydrogen) atoms. The molecule has 248 valence electrons. The average molecular weight is 618 g/mol. The van der Waals surface area contributed by atoms with E-state index in [2.05, 4.69) is 75.2 Å². The quantitative estimate of drug-likeness (QED) is 0.0636. The number of carbonyl (C=O) groups is 4. The maximum Gasteiger partial charge on any atom is 0.293 e. The van der Waals surface area contributed by atoms with Crippen molar-refractivity contribution in [2.45, 2.75) is 45.8 Å². The number of nitrogens with one attached hydrogen (secondary N) is 6. The molecule has 0 radical (unpaired) electrons. The topological polar surface area (TPSA) is 188 Å². The SMILES string of the molecule is CNCC(=O)NCC=O.CNCCCC(C=O)NC.CNc1ccc(CC(C)C)cc1.N=CN.O=COCc1ccccc1. The minimum absolute atomic E-state index is 0.0355. The van der Waals surface area contributed by atoms with Crippen molar-refractivity contribution in [3.05, 3.63) is 65.7 Å². The predicted octanol–water partition coefficient (Wildman–Crippen LogP) is 2.13. The van der Waals surface area contributed by atoms with E-state index in [4.69, 9.17) is 5.41 Å². The predicted molar refractivity (Wildman–Crippen MR) is 180 cm³/mol. The first-order valence-corrected chi connectivity index (χ1v) is 14.4. The van der Waals surface area contributed by atoms with Crippen LogP contribution in [0.5, 0.6) is 0 Å². The van der Waals surface area contributed by atoms with Gasteiger partial charge in [0.2, 0.25) is 5.91 Å². The fourth-order valence-electron chi connectivity index (χ4n) is 3.14. The molecule has 0 fully saturated rings. The molecule has 0 aliphatic heterocycles. The fraction of sp³-hybridized carbons (Fsp3) is 0.469. The van der Waals surface area contributed by atoms with Crippen molar-refractivity contribution >= 4 is 37.0 Å². The number of hydrogen-bond acceptors (Lipinski definition) is 10. The van der Waals surface area contributed by atoms with E-state index in [1.807, 2.05) is 44.4 Å². The third-order valence-corrected chi connectivity index (χ3v) is 5.24. The molecule has 12 nitrogen and oxygen atoms in total. The van der Waals surface area contributed by atoms with Crippen molar-refractivity contribution in [3.63, 3.8) is 0 Å². The lowest BCUT2D eigenvalue weighted by molar-refractivity contribution is -0.129. The summed E-state index contributed by atoms with van der Waals surface area (Å²) in [5.74, 6) is 0.579. The van der Waals surface area contributed by atoms with Crippen molar-refractivity contribution in [2.75, 3.05) is 53.1 Å². The molecule has 0 bridgehead atoms. The molecule has 0 heterocycles. The zero-order valence-electron chi connectivity index (χ0n) is 27.2. The van der Waals surface area contributed by atoms with E-state index in [1.54, 1.807) is 14.1 Å². The van der Waals surface area contributed by atoms with Gasteiger partial charge < -0.3 is 46.6 Å². The minimum atomic E-state index is -0.162. The minimum Gasteiger partial charge on any atom is -0.463 e. The Morgan fingerprint density at radius 2 is 1.55 bits per heavy atom. The summed E-state index contributed by atoms with van der Waals surface area (Å²) in [6, 6.07) is 18.2. The van der Waals surface area contributed by atoms with Gasteiger partial charge in [-0.3, -0.25) is 15.0 Å². The molecule has 0 saturated heterocycles. The number of likely N-dealkylation sites (N-methyl/N-ethyl adjacent to an activating group) is 2. The van der Waals surface area contributed by atoms with Crippen LogP contribution in [0.25, 0.3) is 0 Å². The van der Waals surface area contributed by atoms with Gasteiger partial charge in [0.15, 0.2) is 0 Å². The van der Waals surface area contributed by atoms with Crippen LogP contribution in [-0.2, 0) is 36.9 Å². The van der Waals surface area contributed by atoms with Crippen LogP contribution in [0.15, 0.2) is 54.6 Å². The van der Waals surface area contributed by atoms with Crippen molar-refractivity contribution in [1.82, 2.24) is 21.3 Å². The number of ether oxygens (including phenoxy) is 1. The Hall–Kier alpha value is -4.13. The van der Waals surface area contributed by atoms with E-state index in [1.165, 1.54) is 17.7 Å². The maximum atomic E-state index is 10.5. The largest absolute Gasteiger partial charge is 0.463 e. The summed E-state index contributed by atoms with van der Waals surface area (Å²) in [5.41, 5.74) is 8.00. The average Bonchev–Trinajstić information content (AvgIpc) is 3.03. The normalized spacial score (nSPS) is 9.80. The zero-order valence-corrected chi connectivity index (χ0v) is 27.2. The Bertz CT molecular complexity index is 946. The van der Waals surface area contributed by atoms with Gasteiger partial charge in [-0.1, -0.05) is 56.3 Å². The number of anilines is 1. The molecule has 0 aromatic heterocycles. The van der Waals surface area contributed by atoms with Crippen molar-refractivity contribution in [2.24, 2.45) is 11.7 Å². The summed E-state index contributed by atoms with van der Waals surface area (Å²) in [5, 5.41) is 19.9. The molecule has 2 aromatic carbocycles. The Balaban J connectivity index is -0.000000497. The van der Waals surface area contributed by atoms with Gasteiger partial charge in [0.25, 0.3) is 6.47 Å². The fourth-order valence-corrected chi connectivity index (χ4v) is 3.14. The molecule has 0 aliphatic carbocycles. The molecule has 2 aromatic rings. The highest BCUT2D eigenvalue weighted by molar-refractivity contribution is 5.79. The number of nitrogens with two attached hydrogens (primary N) is 1. The molecule has 1 unspecified atom stereocenters. The summed E-state index contributed by atoms with van der Waals surface area (Å²) in [4.78, 5) is 40.2. The Morgan fingerprint density at radius 3 is 1.98 bits per heavy atom. The second kappa shape index (κ2) is 35.1. The van der Waals surface area contributed by atoms with Gasteiger partial charge in [-0.2, -0.15) is 0 Å². The first-order chi connectivity index (χ1) is 21.2. The van der Waals surface area contributed by atoms with E-state index in [-0.39, 0.29) is 25.0 Å². The molecular weight excluding hydrogens is 562 g/mol. The van der Waals surface area contributed by atoms with Gasteiger partial charge in [0.1, 0.15) is 19.2 Å². The van der Waals surface area contributed by atoms with Crippen molar-refractivity contribution < 1.29 is 23.9 Å². The second-order valence-electron chi connectivity index (χ2n) is 9.38. The van der Waals surface area contributed by atoms with Crippen LogP contribution >= 0.6 is 0 Å². The molecule has 1 amide bonds. The number of carbonyl (C=O) groups excluding carboxylic acids is 4. The number of aldehydes is 2. The molecule has 2 rings (SSSR count). The summed E-state index contributed by atoms with van der Waals surface area (Å²) in [6.45, 7) is 6.63. The van der Waals surface area contributed by atoms with Gasteiger partial charge in [0.05, 0.1) is 25.5 Å². The molecule has 0 saturated carbocycles. The Kier molecular flexibility index (Phi) is 35.3. The molecule has 0 aliphatic rings. The highest BCUT2D eigenvalue weighted by Gasteiger charge is 2.01. The van der Waals surface area contributed by atoms with Crippen LogP contribution in [-0.4, -0.2) is 85.2 Å². The standard InChI is InChI=1S/C11H17N.C8H8O2.C7H16N2O.C5H10N2O2.CH4N2/c1-9(2)8-10-4-6-11(12-3)7-5-10;9-7-10-6-8-4-2-1-3-5-8;1-8-5-3-4-7(6-10)9-2;1-6-4-5(9)7-2-3-8;2-1-3/h4-7,9,12H,8H2,1-3H3;1-5,7H,6H2;6-9H,3-5H2,1-2H3;3,6H,2,4H2,1H3,(H,7,9);1H,(H3,2,3). The van der Waals surface area contributed by atoms with Gasteiger partial charge in [0, 0.05) is 12.7 Å². The van der Waals surface area contributed by atoms with Crippen LogP contribution in [0.4, 0.5) is 5.69 Å². The van der Waals surface area contributed by atoms with E-state index in [0.717, 1.165) is 43.5 Å². The monoisotopic (exact) mass is 617 g/mol. The number of hydrogen-bond donors (Lipinski definition) is 7. The van der Waals surface area contributed by atoms with Crippen LogP contribution in [0.1, 0.15) is 37.8 Å². The summed E-state index contributed by atoms with van der Waals surface area (Å²) < 4.78 is 4.54. The third-order valence-electron chi connectivity index (χ3n) is 5.24. The number of rotatable bonds is 16. The number of amides is 1. The van der Waals surface area contributed by atoms with Gasteiger partial charge in [-0.05, 0) is 76.1 Å².